The van der Waals surface area contributed by atoms with Crippen molar-refractivity contribution >= 4 is 11.7 Å². The summed E-state index contributed by atoms with van der Waals surface area (Å²) < 4.78 is 18.5. The molecule has 0 saturated carbocycles. The highest BCUT2D eigenvalue weighted by atomic mass is 19.1. The number of aromatic amines is 1. The van der Waals surface area contributed by atoms with Crippen LogP contribution in [-0.4, -0.2) is 53.8 Å². The normalized spacial score (nSPS) is 14.1. The molecule has 0 spiro atoms. The number of hydrogen-bond acceptors (Lipinski definition) is 4. The van der Waals surface area contributed by atoms with E-state index < -0.39 is 0 Å². The summed E-state index contributed by atoms with van der Waals surface area (Å²) in [7, 11) is 0. The summed E-state index contributed by atoms with van der Waals surface area (Å²) in [6, 6.07) is 15.5. The number of nitrogens with zero attached hydrogens (tertiary/aromatic N) is 3. The van der Waals surface area contributed by atoms with E-state index in [0.29, 0.717) is 38.3 Å². The molecule has 3 aromatic rings. The number of halogens is 1. The third-order valence-corrected chi connectivity index (χ3v) is 5.02. The van der Waals surface area contributed by atoms with Crippen LogP contribution in [0.15, 0.2) is 54.6 Å². The van der Waals surface area contributed by atoms with Gasteiger partial charge in [0.1, 0.15) is 11.6 Å². The highest BCUT2D eigenvalue weighted by Crippen LogP contribution is 2.23. The van der Waals surface area contributed by atoms with Gasteiger partial charge in [-0.1, -0.05) is 0 Å². The second-order valence-corrected chi connectivity index (χ2v) is 6.88. The number of rotatable bonds is 5. The van der Waals surface area contributed by atoms with Gasteiger partial charge in [-0.3, -0.25) is 9.89 Å². The van der Waals surface area contributed by atoms with Crippen molar-refractivity contribution in [3.05, 3.63) is 66.0 Å². The Morgan fingerprint density at radius 3 is 2.41 bits per heavy atom. The molecular weight excluding hydrogens is 371 g/mol. The molecule has 0 atom stereocenters. The van der Waals surface area contributed by atoms with Crippen LogP contribution in [0.25, 0.3) is 11.3 Å². The number of hydrogen-bond donors (Lipinski definition) is 1. The Hall–Kier alpha value is -3.35. The van der Waals surface area contributed by atoms with Crippen molar-refractivity contribution < 1.29 is 13.9 Å². The fourth-order valence-corrected chi connectivity index (χ4v) is 3.43. The van der Waals surface area contributed by atoms with Crippen molar-refractivity contribution in [2.24, 2.45) is 0 Å². The van der Waals surface area contributed by atoms with Crippen molar-refractivity contribution in [3.63, 3.8) is 0 Å². The van der Waals surface area contributed by atoms with Gasteiger partial charge in [-0.05, 0) is 61.0 Å². The van der Waals surface area contributed by atoms with E-state index in [4.69, 9.17) is 4.74 Å². The Balaban J connectivity index is 1.37. The smallest absolute Gasteiger partial charge is 0.253 e. The molecule has 1 amide bonds. The molecule has 150 valence electrons. The summed E-state index contributed by atoms with van der Waals surface area (Å²) in [5.74, 6) is 1.37. The molecule has 2 heterocycles. The van der Waals surface area contributed by atoms with Crippen LogP contribution in [0.1, 0.15) is 17.3 Å². The van der Waals surface area contributed by atoms with Gasteiger partial charge in [0.05, 0.1) is 12.3 Å². The van der Waals surface area contributed by atoms with Gasteiger partial charge in [-0.25, -0.2) is 4.39 Å². The third kappa shape index (κ3) is 4.23. The summed E-state index contributed by atoms with van der Waals surface area (Å²) >= 11 is 0. The molecule has 1 saturated heterocycles. The lowest BCUT2D eigenvalue weighted by Crippen LogP contribution is -2.48. The molecule has 4 rings (SSSR count). The molecule has 0 radical (unpaired) electrons. The first-order valence-corrected chi connectivity index (χ1v) is 9.72. The summed E-state index contributed by atoms with van der Waals surface area (Å²) in [5.41, 5.74) is 2.39. The number of H-pyrrole nitrogens is 1. The van der Waals surface area contributed by atoms with Crippen molar-refractivity contribution in [3.8, 4) is 17.0 Å². The van der Waals surface area contributed by atoms with E-state index in [9.17, 15) is 9.18 Å². The van der Waals surface area contributed by atoms with Crippen molar-refractivity contribution in [1.82, 2.24) is 15.1 Å². The fraction of sp³-hybridized carbons (Fsp3) is 0.273. The predicted octanol–water partition coefficient (Wildman–Crippen LogP) is 3.58. The van der Waals surface area contributed by atoms with E-state index in [2.05, 4.69) is 15.1 Å². The average Bonchev–Trinajstić information content (AvgIpc) is 3.25. The van der Waals surface area contributed by atoms with E-state index >= 15 is 0 Å². The number of carbonyl (C=O) groups excluding carboxylic acids is 1. The highest BCUT2D eigenvalue weighted by molar-refractivity contribution is 5.94. The first-order valence-electron chi connectivity index (χ1n) is 9.72. The standard InChI is InChI=1S/C22H23FN4O2/c1-2-29-19-9-5-17(6-10-19)22(28)27-13-11-26(12-14-27)21-15-20(24-25-21)16-3-7-18(23)8-4-16/h3-10,15H,2,11-14H2,1H3,(H,24,25). The summed E-state index contributed by atoms with van der Waals surface area (Å²) in [6.07, 6.45) is 0. The highest BCUT2D eigenvalue weighted by Gasteiger charge is 2.23. The van der Waals surface area contributed by atoms with Crippen LogP contribution < -0.4 is 9.64 Å². The molecule has 0 unspecified atom stereocenters. The van der Waals surface area contributed by atoms with Crippen molar-refractivity contribution in [1.29, 1.82) is 0 Å². The van der Waals surface area contributed by atoms with Crippen LogP contribution >= 0.6 is 0 Å². The minimum Gasteiger partial charge on any atom is -0.494 e. The van der Waals surface area contributed by atoms with Gasteiger partial charge in [0.25, 0.3) is 5.91 Å². The first-order chi connectivity index (χ1) is 14.1. The molecule has 0 aliphatic carbocycles. The van der Waals surface area contributed by atoms with Gasteiger partial charge in [0, 0.05) is 37.8 Å². The molecule has 29 heavy (non-hydrogen) atoms. The number of aromatic nitrogens is 2. The van der Waals surface area contributed by atoms with Crippen LogP contribution in [0, 0.1) is 5.82 Å². The van der Waals surface area contributed by atoms with Gasteiger partial charge in [-0.2, -0.15) is 5.10 Å². The zero-order chi connectivity index (χ0) is 20.2. The summed E-state index contributed by atoms with van der Waals surface area (Å²) in [6.45, 7) is 5.20. The van der Waals surface area contributed by atoms with Crippen LogP contribution in [0.3, 0.4) is 0 Å². The monoisotopic (exact) mass is 394 g/mol. The van der Waals surface area contributed by atoms with Crippen LogP contribution in [0.2, 0.25) is 0 Å². The fourth-order valence-electron chi connectivity index (χ4n) is 3.43. The van der Waals surface area contributed by atoms with E-state index in [0.717, 1.165) is 22.8 Å². The molecule has 6 nitrogen and oxygen atoms in total. The van der Waals surface area contributed by atoms with Gasteiger partial charge in [0.15, 0.2) is 5.82 Å². The Morgan fingerprint density at radius 1 is 1.07 bits per heavy atom. The first kappa shape index (κ1) is 19.0. The van der Waals surface area contributed by atoms with Gasteiger partial charge < -0.3 is 14.5 Å². The minimum atomic E-state index is -0.262. The second-order valence-electron chi connectivity index (χ2n) is 6.88. The zero-order valence-corrected chi connectivity index (χ0v) is 16.3. The Morgan fingerprint density at radius 2 is 1.76 bits per heavy atom. The van der Waals surface area contributed by atoms with Crippen LogP contribution in [-0.2, 0) is 0 Å². The second kappa shape index (κ2) is 8.34. The van der Waals surface area contributed by atoms with E-state index in [1.165, 1.54) is 12.1 Å². The zero-order valence-electron chi connectivity index (χ0n) is 16.3. The Bertz CT molecular complexity index is 961. The maximum atomic E-state index is 13.1. The molecular formula is C22H23FN4O2. The number of anilines is 1. The molecule has 0 bridgehead atoms. The maximum Gasteiger partial charge on any atom is 0.253 e. The molecule has 2 aromatic carbocycles. The van der Waals surface area contributed by atoms with Crippen LogP contribution in [0.4, 0.5) is 10.2 Å². The van der Waals surface area contributed by atoms with Crippen molar-refractivity contribution in [2.75, 3.05) is 37.7 Å². The Kier molecular flexibility index (Phi) is 5.46. The molecule has 1 aliphatic rings. The topological polar surface area (TPSA) is 61.5 Å². The van der Waals surface area contributed by atoms with Gasteiger partial charge in [-0.15, -0.1) is 0 Å². The van der Waals surface area contributed by atoms with E-state index in [1.54, 1.807) is 12.1 Å². The number of nitrogens with one attached hydrogen (secondary N) is 1. The number of carbonyl (C=O) groups is 1. The summed E-state index contributed by atoms with van der Waals surface area (Å²) in [4.78, 5) is 16.7. The predicted molar refractivity (Wildman–Crippen MR) is 110 cm³/mol. The Labute approximate surface area is 168 Å². The molecule has 7 heteroatoms. The lowest BCUT2D eigenvalue weighted by atomic mass is 10.1. The maximum absolute atomic E-state index is 13.1. The minimum absolute atomic E-state index is 0.0294. The van der Waals surface area contributed by atoms with Crippen molar-refractivity contribution in [2.45, 2.75) is 6.92 Å². The number of amides is 1. The lowest BCUT2D eigenvalue weighted by Gasteiger charge is -2.34. The SMILES string of the molecule is CCOc1ccc(C(=O)N2CCN(c3cc(-c4ccc(F)cc4)[nH]n3)CC2)cc1. The van der Waals surface area contributed by atoms with Gasteiger partial charge in [0.2, 0.25) is 0 Å². The van der Waals surface area contributed by atoms with Crippen LogP contribution in [0.5, 0.6) is 5.75 Å². The van der Waals surface area contributed by atoms with E-state index in [-0.39, 0.29) is 11.7 Å². The molecule has 1 aromatic heterocycles. The number of benzene rings is 2. The quantitative estimate of drug-likeness (QED) is 0.719. The largest absolute Gasteiger partial charge is 0.494 e. The van der Waals surface area contributed by atoms with E-state index in [1.807, 2.05) is 42.2 Å². The molecule has 1 aliphatic heterocycles. The number of piperazine rings is 1. The van der Waals surface area contributed by atoms with Gasteiger partial charge >= 0.3 is 0 Å². The number of ether oxygens (including phenoxy) is 1. The third-order valence-electron chi connectivity index (χ3n) is 5.02. The molecule has 1 fully saturated rings. The lowest BCUT2D eigenvalue weighted by molar-refractivity contribution is 0.0746. The summed E-state index contributed by atoms with van der Waals surface area (Å²) in [5, 5.41) is 7.39. The average molecular weight is 394 g/mol. The molecule has 1 N–H and O–H groups in total.